The van der Waals surface area contributed by atoms with Gasteiger partial charge in [-0.05, 0) is 22.0 Å². The Hall–Kier alpha value is -1.10. The average Bonchev–Trinajstić information content (AvgIpc) is 2.34. The van der Waals surface area contributed by atoms with E-state index in [2.05, 4.69) is 26.1 Å². The summed E-state index contributed by atoms with van der Waals surface area (Å²) in [6.45, 7) is 0. The number of nitrogens with two attached hydrogens (primary N) is 1. The fourth-order valence-corrected chi connectivity index (χ4v) is 1.47. The molecule has 11 heavy (non-hydrogen) atoms. The number of aromatic nitrogens is 3. The molecule has 2 rings (SSSR count). The number of hydrogen-bond donors (Lipinski definition) is 1. The molecule has 0 saturated carbocycles. The predicted octanol–water partition coefficient (Wildman–Crippen LogP) is 1.07. The molecule has 0 aliphatic heterocycles. The molecule has 0 atom stereocenters. The summed E-state index contributed by atoms with van der Waals surface area (Å²) in [6, 6.07) is 1.80. The van der Waals surface area contributed by atoms with Crippen LogP contribution in [0.15, 0.2) is 23.1 Å². The number of rotatable bonds is 0. The summed E-state index contributed by atoms with van der Waals surface area (Å²) < 4.78 is 2.62. The normalized spacial score (nSPS) is 10.6. The third-order valence-electron chi connectivity index (χ3n) is 1.37. The van der Waals surface area contributed by atoms with E-state index >= 15 is 0 Å². The molecule has 0 unspecified atom stereocenters. The highest BCUT2D eigenvalue weighted by molar-refractivity contribution is 9.10. The number of hydrogen-bond acceptors (Lipinski definition) is 3. The van der Waals surface area contributed by atoms with Gasteiger partial charge < -0.3 is 5.73 Å². The van der Waals surface area contributed by atoms with Crippen molar-refractivity contribution >= 4 is 27.3 Å². The van der Waals surface area contributed by atoms with Gasteiger partial charge in [0.25, 0.3) is 0 Å². The Morgan fingerprint density at radius 1 is 1.55 bits per heavy atom. The Morgan fingerprint density at radius 2 is 2.36 bits per heavy atom. The molecule has 0 spiro atoms. The molecular weight excluding hydrogens is 208 g/mol. The summed E-state index contributed by atoms with van der Waals surface area (Å²) in [5.74, 6) is 0. The monoisotopic (exact) mass is 212 g/mol. The molecule has 5 heteroatoms. The van der Waals surface area contributed by atoms with E-state index in [0.29, 0.717) is 5.69 Å². The van der Waals surface area contributed by atoms with Crippen LogP contribution in [0.1, 0.15) is 0 Å². The smallest absolute Gasteiger partial charge is 0.175 e. The summed E-state index contributed by atoms with van der Waals surface area (Å²) in [6.07, 6.45) is 3.37. The third-order valence-corrected chi connectivity index (χ3v) is 1.95. The first-order chi connectivity index (χ1) is 5.27. The van der Waals surface area contributed by atoms with Crippen LogP contribution < -0.4 is 5.73 Å². The summed E-state index contributed by atoms with van der Waals surface area (Å²) in [7, 11) is 0. The van der Waals surface area contributed by atoms with Crippen LogP contribution in [0.5, 0.6) is 0 Å². The highest BCUT2D eigenvalue weighted by Gasteiger charge is 2.00. The molecule has 0 radical (unpaired) electrons. The lowest BCUT2D eigenvalue weighted by atomic mass is 10.4. The van der Waals surface area contributed by atoms with Crippen LogP contribution in [0.2, 0.25) is 0 Å². The topological polar surface area (TPSA) is 56.2 Å². The number of nitrogens with zero attached hydrogens (tertiary/aromatic N) is 3. The average molecular weight is 213 g/mol. The fraction of sp³-hybridized carbons (Fsp3) is 0. The minimum absolute atomic E-state index is 0.684. The van der Waals surface area contributed by atoms with Crippen LogP contribution in [-0.4, -0.2) is 14.6 Å². The van der Waals surface area contributed by atoms with Gasteiger partial charge in [-0.2, -0.15) is 0 Å². The van der Waals surface area contributed by atoms with E-state index in [1.807, 2.05) is 0 Å². The standard InChI is InChI=1S/C6H5BrN4/c7-5-1-4(8)2-11-3-9-10-6(5)11/h1-3H,8H2. The minimum Gasteiger partial charge on any atom is -0.397 e. The van der Waals surface area contributed by atoms with E-state index in [4.69, 9.17) is 5.73 Å². The van der Waals surface area contributed by atoms with Crippen molar-refractivity contribution in [3.63, 3.8) is 0 Å². The zero-order valence-electron chi connectivity index (χ0n) is 5.53. The summed E-state index contributed by atoms with van der Waals surface area (Å²) in [5.41, 5.74) is 7.04. The van der Waals surface area contributed by atoms with Crippen molar-refractivity contribution in [2.75, 3.05) is 5.73 Å². The SMILES string of the molecule is Nc1cc(Br)c2nncn2c1. The van der Waals surface area contributed by atoms with Gasteiger partial charge in [0.05, 0.1) is 4.47 Å². The van der Waals surface area contributed by atoms with E-state index < -0.39 is 0 Å². The zero-order valence-corrected chi connectivity index (χ0v) is 7.12. The van der Waals surface area contributed by atoms with Crippen LogP contribution in [0.25, 0.3) is 5.65 Å². The van der Waals surface area contributed by atoms with E-state index in [0.717, 1.165) is 10.1 Å². The molecule has 0 bridgehead atoms. The molecular formula is C6H5BrN4. The van der Waals surface area contributed by atoms with Gasteiger partial charge in [0.1, 0.15) is 6.33 Å². The third kappa shape index (κ3) is 0.970. The molecule has 0 saturated heterocycles. The Balaban J connectivity index is 2.91. The van der Waals surface area contributed by atoms with Crippen LogP contribution in [-0.2, 0) is 0 Å². The van der Waals surface area contributed by atoms with Gasteiger partial charge in [-0.3, -0.25) is 4.40 Å². The second-order valence-electron chi connectivity index (χ2n) is 2.18. The number of nitrogen functional groups attached to an aromatic ring is 1. The van der Waals surface area contributed by atoms with Crippen LogP contribution in [0.4, 0.5) is 5.69 Å². The van der Waals surface area contributed by atoms with Crippen molar-refractivity contribution in [3.05, 3.63) is 23.1 Å². The van der Waals surface area contributed by atoms with Gasteiger partial charge in [-0.15, -0.1) is 10.2 Å². The van der Waals surface area contributed by atoms with Crippen LogP contribution in [0, 0.1) is 0 Å². The van der Waals surface area contributed by atoms with Gasteiger partial charge in [0.2, 0.25) is 0 Å². The Kier molecular flexibility index (Phi) is 1.32. The lowest BCUT2D eigenvalue weighted by Crippen LogP contribution is -1.90. The van der Waals surface area contributed by atoms with Gasteiger partial charge in [-0.1, -0.05) is 0 Å². The quantitative estimate of drug-likeness (QED) is 0.712. The predicted molar refractivity (Wildman–Crippen MR) is 45.1 cm³/mol. The van der Waals surface area contributed by atoms with Crippen LogP contribution >= 0.6 is 15.9 Å². The molecule has 4 nitrogen and oxygen atoms in total. The van der Waals surface area contributed by atoms with Crippen molar-refractivity contribution in [2.24, 2.45) is 0 Å². The van der Waals surface area contributed by atoms with Crippen molar-refractivity contribution in [2.45, 2.75) is 0 Å². The Bertz CT molecular complexity index is 394. The van der Waals surface area contributed by atoms with Gasteiger partial charge >= 0.3 is 0 Å². The summed E-state index contributed by atoms with van der Waals surface area (Å²) >= 11 is 3.32. The Labute approximate surface area is 71.2 Å². The first kappa shape index (κ1) is 6.60. The molecule has 0 fully saturated rings. The number of anilines is 1. The van der Waals surface area contributed by atoms with Crippen molar-refractivity contribution < 1.29 is 0 Å². The highest BCUT2D eigenvalue weighted by atomic mass is 79.9. The molecule has 0 aromatic carbocycles. The second-order valence-corrected chi connectivity index (χ2v) is 3.04. The molecule has 2 aromatic rings. The van der Waals surface area contributed by atoms with Gasteiger partial charge in [0.15, 0.2) is 5.65 Å². The van der Waals surface area contributed by atoms with Crippen molar-refractivity contribution in [1.82, 2.24) is 14.6 Å². The van der Waals surface area contributed by atoms with Gasteiger partial charge in [0, 0.05) is 11.9 Å². The molecule has 2 heterocycles. The van der Waals surface area contributed by atoms with Crippen LogP contribution in [0.3, 0.4) is 0 Å². The zero-order chi connectivity index (χ0) is 7.84. The maximum atomic E-state index is 5.58. The van der Waals surface area contributed by atoms with Gasteiger partial charge in [-0.25, -0.2) is 0 Å². The van der Waals surface area contributed by atoms with Crippen molar-refractivity contribution in [3.8, 4) is 0 Å². The summed E-state index contributed by atoms with van der Waals surface area (Å²) in [4.78, 5) is 0. The van der Waals surface area contributed by atoms with Crippen molar-refractivity contribution in [1.29, 1.82) is 0 Å². The molecule has 0 amide bonds. The lowest BCUT2D eigenvalue weighted by molar-refractivity contribution is 1.10. The molecule has 0 aliphatic rings. The Morgan fingerprint density at radius 3 is 3.18 bits per heavy atom. The molecule has 0 aliphatic carbocycles. The maximum Gasteiger partial charge on any atom is 0.175 e. The van der Waals surface area contributed by atoms with E-state index in [1.54, 1.807) is 23.0 Å². The van der Waals surface area contributed by atoms with E-state index in [9.17, 15) is 0 Å². The molecule has 56 valence electrons. The number of halogens is 1. The second kappa shape index (κ2) is 2.20. The highest BCUT2D eigenvalue weighted by Crippen LogP contribution is 2.18. The lowest BCUT2D eigenvalue weighted by Gasteiger charge is -1.96. The number of fused-ring (bicyclic) bond motifs is 1. The summed E-state index contributed by atoms with van der Waals surface area (Å²) in [5, 5.41) is 7.60. The molecule has 2 N–H and O–H groups in total. The fourth-order valence-electron chi connectivity index (χ4n) is 0.917. The molecule has 2 aromatic heterocycles. The maximum absolute atomic E-state index is 5.58. The first-order valence-electron chi connectivity index (χ1n) is 3.02. The first-order valence-corrected chi connectivity index (χ1v) is 3.81. The van der Waals surface area contributed by atoms with E-state index in [1.165, 1.54) is 0 Å². The minimum atomic E-state index is 0.684. The van der Waals surface area contributed by atoms with E-state index in [-0.39, 0.29) is 0 Å². The largest absolute Gasteiger partial charge is 0.397 e. The number of pyridine rings is 1.